The number of fused-ring (bicyclic) bond motifs is 1. The standard InChI is InChI=1S/C13H17N3O3S/c17-20(18)12-4-2-1-3-11(12)13(15-20)14-5-6-16-7-9-19-10-8-16/h1-4H,5-10H2,(H,14,15). The van der Waals surface area contributed by atoms with Crippen molar-refractivity contribution in [2.45, 2.75) is 4.90 Å². The van der Waals surface area contributed by atoms with Crippen molar-refractivity contribution in [3.63, 3.8) is 0 Å². The number of morpholine rings is 1. The van der Waals surface area contributed by atoms with E-state index in [1.807, 2.05) is 6.07 Å². The van der Waals surface area contributed by atoms with Crippen molar-refractivity contribution in [3.8, 4) is 0 Å². The van der Waals surface area contributed by atoms with E-state index in [0.717, 1.165) is 32.8 Å². The molecule has 0 radical (unpaired) electrons. The minimum Gasteiger partial charge on any atom is -0.379 e. The molecule has 1 aromatic carbocycles. The average Bonchev–Trinajstić information content (AvgIpc) is 2.72. The second kappa shape index (κ2) is 5.51. The van der Waals surface area contributed by atoms with Gasteiger partial charge in [0.15, 0.2) is 0 Å². The number of hydrogen-bond donors (Lipinski definition) is 1. The lowest BCUT2D eigenvalue weighted by Gasteiger charge is -2.25. The first-order valence-corrected chi connectivity index (χ1v) is 8.12. The molecule has 20 heavy (non-hydrogen) atoms. The zero-order chi connectivity index (χ0) is 14.0. The molecule has 0 aromatic heterocycles. The van der Waals surface area contributed by atoms with E-state index in [-0.39, 0.29) is 0 Å². The Hall–Kier alpha value is -1.44. The number of sulfonamides is 1. The van der Waals surface area contributed by atoms with Crippen LogP contribution in [-0.4, -0.2) is 58.5 Å². The monoisotopic (exact) mass is 295 g/mol. The third-order valence-electron chi connectivity index (χ3n) is 3.45. The van der Waals surface area contributed by atoms with Crippen LogP contribution in [-0.2, 0) is 14.8 Å². The molecule has 6 nitrogen and oxygen atoms in total. The molecule has 7 heteroatoms. The predicted octanol–water partition coefficient (Wildman–Crippen LogP) is 0.0573. The van der Waals surface area contributed by atoms with E-state index in [9.17, 15) is 8.42 Å². The first kappa shape index (κ1) is 13.5. The molecule has 1 N–H and O–H groups in total. The van der Waals surface area contributed by atoms with Gasteiger partial charge in [0, 0.05) is 25.2 Å². The fraction of sp³-hybridized carbons (Fsp3) is 0.462. The lowest BCUT2D eigenvalue weighted by molar-refractivity contribution is 0.0394. The smallest absolute Gasteiger partial charge is 0.263 e. The van der Waals surface area contributed by atoms with Crippen LogP contribution in [0.1, 0.15) is 5.56 Å². The Morgan fingerprint density at radius 1 is 1.25 bits per heavy atom. The van der Waals surface area contributed by atoms with E-state index in [1.165, 1.54) is 0 Å². The van der Waals surface area contributed by atoms with Gasteiger partial charge in [0.25, 0.3) is 10.0 Å². The summed E-state index contributed by atoms with van der Waals surface area (Å²) >= 11 is 0. The van der Waals surface area contributed by atoms with Gasteiger partial charge in [0.05, 0.1) is 24.7 Å². The summed E-state index contributed by atoms with van der Waals surface area (Å²) < 4.78 is 31.6. The van der Waals surface area contributed by atoms with Gasteiger partial charge < -0.3 is 4.74 Å². The Labute approximate surface area is 118 Å². The molecule has 0 amide bonds. The summed E-state index contributed by atoms with van der Waals surface area (Å²) in [6, 6.07) is 6.91. The van der Waals surface area contributed by atoms with Crippen LogP contribution in [0.3, 0.4) is 0 Å². The van der Waals surface area contributed by atoms with Gasteiger partial charge in [-0.25, -0.2) is 8.42 Å². The van der Waals surface area contributed by atoms with Crippen molar-refractivity contribution in [3.05, 3.63) is 29.8 Å². The molecule has 0 saturated carbocycles. The maximum absolute atomic E-state index is 11.9. The summed E-state index contributed by atoms with van der Waals surface area (Å²) in [5.74, 6) is 0.453. The Bertz CT molecular complexity index is 622. The molecule has 0 spiro atoms. The molecule has 3 rings (SSSR count). The van der Waals surface area contributed by atoms with Gasteiger partial charge >= 0.3 is 0 Å². The summed E-state index contributed by atoms with van der Waals surface area (Å²) in [6.07, 6.45) is 0. The van der Waals surface area contributed by atoms with E-state index in [4.69, 9.17) is 4.74 Å². The van der Waals surface area contributed by atoms with Gasteiger partial charge in [0.2, 0.25) is 0 Å². The number of nitrogens with one attached hydrogen (secondary N) is 1. The number of aliphatic imine (C=N–C) groups is 1. The summed E-state index contributed by atoms with van der Waals surface area (Å²) in [7, 11) is -3.42. The van der Waals surface area contributed by atoms with Crippen LogP contribution in [0.4, 0.5) is 0 Å². The predicted molar refractivity (Wildman–Crippen MR) is 75.4 cm³/mol. The zero-order valence-electron chi connectivity index (χ0n) is 11.1. The van der Waals surface area contributed by atoms with Crippen molar-refractivity contribution < 1.29 is 13.2 Å². The van der Waals surface area contributed by atoms with Gasteiger partial charge in [-0.15, -0.1) is 0 Å². The largest absolute Gasteiger partial charge is 0.379 e. The highest BCUT2D eigenvalue weighted by atomic mass is 32.2. The summed E-state index contributed by atoms with van der Waals surface area (Å²) in [4.78, 5) is 6.98. The van der Waals surface area contributed by atoms with Crippen molar-refractivity contribution in [1.29, 1.82) is 0 Å². The van der Waals surface area contributed by atoms with Crippen LogP contribution in [0.15, 0.2) is 34.2 Å². The fourth-order valence-electron chi connectivity index (χ4n) is 2.38. The van der Waals surface area contributed by atoms with Crippen LogP contribution in [0, 0.1) is 0 Å². The minimum atomic E-state index is -3.42. The summed E-state index contributed by atoms with van der Waals surface area (Å²) in [5, 5.41) is 0. The first-order chi connectivity index (χ1) is 9.67. The molecule has 2 aliphatic rings. The number of ether oxygens (including phenoxy) is 1. The zero-order valence-corrected chi connectivity index (χ0v) is 11.9. The number of nitrogens with zero attached hydrogens (tertiary/aromatic N) is 2. The Morgan fingerprint density at radius 2 is 2.00 bits per heavy atom. The number of hydrogen-bond acceptors (Lipinski definition) is 5. The Kier molecular flexibility index (Phi) is 3.73. The van der Waals surface area contributed by atoms with Gasteiger partial charge in [-0.05, 0) is 12.1 Å². The van der Waals surface area contributed by atoms with Crippen LogP contribution in [0.25, 0.3) is 0 Å². The van der Waals surface area contributed by atoms with Crippen LogP contribution in [0.5, 0.6) is 0 Å². The molecule has 1 fully saturated rings. The second-order valence-electron chi connectivity index (χ2n) is 4.79. The molecule has 0 unspecified atom stereocenters. The van der Waals surface area contributed by atoms with E-state index in [2.05, 4.69) is 14.6 Å². The maximum Gasteiger partial charge on any atom is 0.263 e. The molecule has 0 aliphatic carbocycles. The van der Waals surface area contributed by atoms with Gasteiger partial charge in [0.1, 0.15) is 5.84 Å². The molecule has 1 aromatic rings. The fourth-order valence-corrected chi connectivity index (χ4v) is 3.63. The van der Waals surface area contributed by atoms with E-state index in [1.54, 1.807) is 18.2 Å². The molecular weight excluding hydrogens is 278 g/mol. The number of amidine groups is 1. The average molecular weight is 295 g/mol. The Morgan fingerprint density at radius 3 is 2.80 bits per heavy atom. The van der Waals surface area contributed by atoms with Crippen LogP contribution < -0.4 is 4.72 Å². The summed E-state index contributed by atoms with van der Waals surface area (Å²) in [5.41, 5.74) is 0.662. The van der Waals surface area contributed by atoms with Crippen LogP contribution >= 0.6 is 0 Å². The van der Waals surface area contributed by atoms with Crippen molar-refractivity contribution >= 4 is 15.9 Å². The van der Waals surface area contributed by atoms with Crippen LogP contribution in [0.2, 0.25) is 0 Å². The SMILES string of the molecule is O=S1(=O)NC(=NCCN2CCOCC2)c2ccccc21. The topological polar surface area (TPSA) is 71.0 Å². The van der Waals surface area contributed by atoms with Crippen molar-refractivity contribution in [2.24, 2.45) is 4.99 Å². The molecule has 2 heterocycles. The van der Waals surface area contributed by atoms with Gasteiger partial charge in [-0.3, -0.25) is 14.6 Å². The highest BCUT2D eigenvalue weighted by Gasteiger charge is 2.29. The Balaban J connectivity index is 1.70. The lowest BCUT2D eigenvalue weighted by Crippen LogP contribution is -2.38. The lowest BCUT2D eigenvalue weighted by atomic mass is 10.2. The normalized spacial score (nSPS) is 23.5. The number of rotatable bonds is 3. The van der Waals surface area contributed by atoms with Gasteiger partial charge in [-0.2, -0.15) is 0 Å². The van der Waals surface area contributed by atoms with Crippen molar-refractivity contribution in [2.75, 3.05) is 39.4 Å². The minimum absolute atomic E-state index is 0.310. The highest BCUT2D eigenvalue weighted by Crippen LogP contribution is 2.21. The molecule has 2 aliphatic heterocycles. The molecule has 0 atom stereocenters. The van der Waals surface area contributed by atoms with Crippen molar-refractivity contribution in [1.82, 2.24) is 9.62 Å². The third-order valence-corrected chi connectivity index (χ3v) is 4.85. The molecular formula is C13H17N3O3S. The highest BCUT2D eigenvalue weighted by molar-refractivity contribution is 7.90. The third kappa shape index (κ3) is 2.70. The molecule has 1 saturated heterocycles. The maximum atomic E-state index is 11.9. The second-order valence-corrected chi connectivity index (χ2v) is 6.44. The molecule has 108 valence electrons. The first-order valence-electron chi connectivity index (χ1n) is 6.63. The van der Waals surface area contributed by atoms with E-state index < -0.39 is 10.0 Å². The quantitative estimate of drug-likeness (QED) is 0.856. The van der Waals surface area contributed by atoms with E-state index >= 15 is 0 Å². The number of benzene rings is 1. The summed E-state index contributed by atoms with van der Waals surface area (Å²) in [6.45, 7) is 4.72. The van der Waals surface area contributed by atoms with E-state index in [0.29, 0.717) is 22.8 Å². The molecule has 0 bridgehead atoms. The van der Waals surface area contributed by atoms with Gasteiger partial charge in [-0.1, -0.05) is 12.1 Å².